The Labute approximate surface area is 176 Å². The molecule has 0 spiro atoms. The van der Waals surface area contributed by atoms with Crippen LogP contribution in [0.25, 0.3) is 0 Å². The number of carbonyl (C=O) groups is 2. The van der Waals surface area contributed by atoms with Crippen LogP contribution in [0.4, 0.5) is 5.69 Å². The lowest BCUT2D eigenvalue weighted by atomic mass is 10.1. The number of hydrogen-bond donors (Lipinski definition) is 0. The Kier molecular flexibility index (Phi) is 7.82. The molecule has 2 rings (SSSR count). The first kappa shape index (κ1) is 23.2. The van der Waals surface area contributed by atoms with E-state index in [1.54, 1.807) is 26.8 Å². The fourth-order valence-electron chi connectivity index (χ4n) is 2.82. The van der Waals surface area contributed by atoms with Crippen molar-refractivity contribution >= 4 is 27.6 Å². The van der Waals surface area contributed by atoms with Crippen molar-refractivity contribution < 1.29 is 32.2 Å². The quantitative estimate of drug-likeness (QED) is 0.558. The van der Waals surface area contributed by atoms with Gasteiger partial charge in [-0.15, -0.1) is 0 Å². The lowest BCUT2D eigenvalue weighted by Gasteiger charge is -2.26. The van der Waals surface area contributed by atoms with Gasteiger partial charge in [0.25, 0.3) is 10.0 Å². The molecule has 0 fully saturated rings. The number of rotatable bonds is 9. The molecule has 0 heterocycles. The SMILES string of the molecule is CCOC(=O)CN(c1cccc(C(=O)OCC)c1C)S(=O)(=O)c1ccc(OC)cc1. The van der Waals surface area contributed by atoms with Gasteiger partial charge in [-0.25, -0.2) is 13.2 Å². The van der Waals surface area contributed by atoms with Crippen molar-refractivity contribution in [1.82, 2.24) is 0 Å². The second-order valence-electron chi connectivity index (χ2n) is 6.16. The molecule has 8 nitrogen and oxygen atoms in total. The molecule has 0 unspecified atom stereocenters. The summed E-state index contributed by atoms with van der Waals surface area (Å²) in [7, 11) is -2.67. The van der Waals surface area contributed by atoms with Crippen LogP contribution in [0.1, 0.15) is 29.8 Å². The van der Waals surface area contributed by atoms with Crippen LogP contribution in [0.5, 0.6) is 5.75 Å². The van der Waals surface area contributed by atoms with Crippen LogP contribution in [0.15, 0.2) is 47.4 Å². The van der Waals surface area contributed by atoms with Crippen LogP contribution in [0, 0.1) is 6.92 Å². The summed E-state index contributed by atoms with van der Waals surface area (Å²) in [6, 6.07) is 10.4. The fraction of sp³-hybridized carbons (Fsp3) is 0.333. The highest BCUT2D eigenvalue weighted by Crippen LogP contribution is 2.30. The summed E-state index contributed by atoms with van der Waals surface area (Å²) in [6.07, 6.45) is 0. The standard InChI is InChI=1S/C21H25NO7S/c1-5-28-20(23)14-22(30(25,26)17-12-10-16(27-4)11-13-17)19-9-7-8-18(15(19)3)21(24)29-6-2/h7-13H,5-6,14H2,1-4H3. The number of esters is 2. The highest BCUT2D eigenvalue weighted by molar-refractivity contribution is 7.92. The van der Waals surface area contributed by atoms with Gasteiger partial charge in [0.15, 0.2) is 0 Å². The molecule has 0 aliphatic rings. The average Bonchev–Trinajstić information content (AvgIpc) is 2.72. The van der Waals surface area contributed by atoms with Gasteiger partial charge in [-0.3, -0.25) is 9.10 Å². The van der Waals surface area contributed by atoms with Crippen LogP contribution < -0.4 is 9.04 Å². The molecule has 0 saturated carbocycles. The Hall–Kier alpha value is -3.07. The highest BCUT2D eigenvalue weighted by Gasteiger charge is 2.30. The van der Waals surface area contributed by atoms with Gasteiger partial charge in [0, 0.05) is 0 Å². The molecule has 0 N–H and O–H groups in total. The van der Waals surface area contributed by atoms with Crippen molar-refractivity contribution in [3.05, 3.63) is 53.6 Å². The minimum atomic E-state index is -4.14. The van der Waals surface area contributed by atoms with E-state index in [0.717, 1.165) is 4.31 Å². The predicted molar refractivity (Wildman–Crippen MR) is 111 cm³/mol. The van der Waals surface area contributed by atoms with Gasteiger partial charge in [-0.1, -0.05) is 6.07 Å². The van der Waals surface area contributed by atoms with E-state index in [4.69, 9.17) is 14.2 Å². The highest BCUT2D eigenvalue weighted by atomic mass is 32.2. The summed E-state index contributed by atoms with van der Waals surface area (Å²) < 4.78 is 42.8. The normalized spacial score (nSPS) is 10.9. The van der Waals surface area contributed by atoms with Gasteiger partial charge in [0.1, 0.15) is 12.3 Å². The number of carbonyl (C=O) groups excluding carboxylic acids is 2. The van der Waals surface area contributed by atoms with Gasteiger partial charge in [0.05, 0.1) is 36.5 Å². The van der Waals surface area contributed by atoms with Crippen molar-refractivity contribution in [3.8, 4) is 5.75 Å². The zero-order valence-electron chi connectivity index (χ0n) is 17.4. The third kappa shape index (κ3) is 5.10. The lowest BCUT2D eigenvalue weighted by Crippen LogP contribution is -2.37. The first-order valence-electron chi connectivity index (χ1n) is 9.35. The zero-order chi connectivity index (χ0) is 22.3. The van der Waals surface area contributed by atoms with Crippen molar-refractivity contribution in [2.75, 3.05) is 31.2 Å². The van der Waals surface area contributed by atoms with Crippen molar-refractivity contribution in [3.63, 3.8) is 0 Å². The van der Waals surface area contributed by atoms with Crippen molar-refractivity contribution in [2.24, 2.45) is 0 Å². The Morgan fingerprint density at radius 2 is 1.60 bits per heavy atom. The Morgan fingerprint density at radius 3 is 2.17 bits per heavy atom. The number of hydrogen-bond acceptors (Lipinski definition) is 7. The van der Waals surface area contributed by atoms with E-state index in [1.165, 1.54) is 43.5 Å². The molecule has 2 aromatic carbocycles. The summed E-state index contributed by atoms with van der Waals surface area (Å²) >= 11 is 0. The number of methoxy groups -OCH3 is 1. The molecular formula is C21H25NO7S. The first-order valence-corrected chi connectivity index (χ1v) is 10.8. The third-order valence-electron chi connectivity index (χ3n) is 4.29. The predicted octanol–water partition coefficient (Wildman–Crippen LogP) is 2.94. The monoisotopic (exact) mass is 435 g/mol. The molecule has 0 amide bonds. The smallest absolute Gasteiger partial charge is 0.338 e. The van der Waals surface area contributed by atoms with Crippen LogP contribution in [0.2, 0.25) is 0 Å². The summed E-state index contributed by atoms with van der Waals surface area (Å²) in [4.78, 5) is 24.4. The summed E-state index contributed by atoms with van der Waals surface area (Å²) in [6.45, 7) is 4.65. The van der Waals surface area contributed by atoms with Gasteiger partial charge in [-0.2, -0.15) is 0 Å². The van der Waals surface area contributed by atoms with E-state index in [2.05, 4.69) is 0 Å². The summed E-state index contributed by atoms with van der Waals surface area (Å²) in [5, 5.41) is 0. The molecule has 0 aliphatic carbocycles. The maximum absolute atomic E-state index is 13.4. The topological polar surface area (TPSA) is 99.2 Å². The third-order valence-corrected chi connectivity index (χ3v) is 6.07. The number of nitrogens with zero attached hydrogens (tertiary/aromatic N) is 1. The summed E-state index contributed by atoms with van der Waals surface area (Å²) in [5.74, 6) is -0.795. The van der Waals surface area contributed by atoms with E-state index in [9.17, 15) is 18.0 Å². The Morgan fingerprint density at radius 1 is 0.967 bits per heavy atom. The van der Waals surface area contributed by atoms with E-state index in [0.29, 0.717) is 11.3 Å². The molecule has 0 aromatic heterocycles. The van der Waals surface area contributed by atoms with E-state index >= 15 is 0 Å². The van der Waals surface area contributed by atoms with Crippen LogP contribution >= 0.6 is 0 Å². The van der Waals surface area contributed by atoms with E-state index < -0.39 is 28.5 Å². The second-order valence-corrected chi connectivity index (χ2v) is 8.02. The van der Waals surface area contributed by atoms with Gasteiger partial charge in [-0.05, 0) is 62.7 Å². The minimum Gasteiger partial charge on any atom is -0.497 e. The maximum Gasteiger partial charge on any atom is 0.338 e. The van der Waals surface area contributed by atoms with Crippen molar-refractivity contribution in [1.29, 1.82) is 0 Å². The number of sulfonamides is 1. The Bertz CT molecular complexity index is 1000. The number of anilines is 1. The van der Waals surface area contributed by atoms with Gasteiger partial charge in [0.2, 0.25) is 0 Å². The van der Waals surface area contributed by atoms with Crippen LogP contribution in [-0.2, 0) is 24.3 Å². The number of ether oxygens (including phenoxy) is 3. The zero-order valence-corrected chi connectivity index (χ0v) is 18.2. The lowest BCUT2D eigenvalue weighted by molar-refractivity contribution is -0.141. The average molecular weight is 435 g/mol. The maximum atomic E-state index is 13.4. The number of benzene rings is 2. The molecule has 30 heavy (non-hydrogen) atoms. The van der Waals surface area contributed by atoms with E-state index in [1.807, 2.05) is 0 Å². The Balaban J connectivity index is 2.59. The van der Waals surface area contributed by atoms with Crippen LogP contribution in [-0.4, -0.2) is 47.2 Å². The molecule has 0 radical (unpaired) electrons. The van der Waals surface area contributed by atoms with Crippen molar-refractivity contribution in [2.45, 2.75) is 25.7 Å². The van der Waals surface area contributed by atoms with Crippen LogP contribution in [0.3, 0.4) is 0 Å². The molecule has 9 heteroatoms. The van der Waals surface area contributed by atoms with Gasteiger partial charge >= 0.3 is 11.9 Å². The minimum absolute atomic E-state index is 0.0338. The molecular weight excluding hydrogens is 410 g/mol. The molecule has 2 aromatic rings. The molecule has 162 valence electrons. The molecule has 0 saturated heterocycles. The molecule has 0 atom stereocenters. The van der Waals surface area contributed by atoms with E-state index in [-0.39, 0.29) is 29.4 Å². The molecule has 0 aliphatic heterocycles. The largest absolute Gasteiger partial charge is 0.497 e. The van der Waals surface area contributed by atoms with Gasteiger partial charge < -0.3 is 14.2 Å². The fourth-order valence-corrected chi connectivity index (χ4v) is 4.29. The molecule has 0 bridgehead atoms. The second kappa shape index (κ2) is 10.1. The first-order chi connectivity index (χ1) is 14.3. The summed E-state index contributed by atoms with van der Waals surface area (Å²) in [5.41, 5.74) is 0.773.